The fourth-order valence-corrected chi connectivity index (χ4v) is 2.89. The van der Waals surface area contributed by atoms with E-state index in [0.29, 0.717) is 0 Å². The molecule has 2 rings (SSSR count). The van der Waals surface area contributed by atoms with Crippen molar-refractivity contribution in [2.45, 2.75) is 38.5 Å². The first-order valence-corrected chi connectivity index (χ1v) is 10.0. The van der Waals surface area contributed by atoms with Crippen LogP contribution in [0.5, 0.6) is 0 Å². The van der Waals surface area contributed by atoms with Gasteiger partial charge in [0, 0.05) is 12.3 Å². The van der Waals surface area contributed by atoms with Crippen molar-refractivity contribution in [3.8, 4) is 0 Å². The molecule has 0 aliphatic carbocycles. The summed E-state index contributed by atoms with van der Waals surface area (Å²) < 4.78 is 11.3. The number of carbonyl (C=O) groups excluding carboxylic acids is 2. The zero-order chi connectivity index (χ0) is 23.1. The average molecular weight is 549 g/mol. The van der Waals surface area contributed by atoms with Crippen LogP contribution in [-0.4, -0.2) is 58.6 Å². The lowest BCUT2D eigenvalue weighted by molar-refractivity contribution is -0.164. The summed E-state index contributed by atoms with van der Waals surface area (Å²) in [4.78, 5) is 49.1. The zero-order valence-electron chi connectivity index (χ0n) is 14.6. The molecule has 2 heterocycles. The molecule has 16 heteroatoms. The monoisotopic (exact) mass is 546 g/mol. The Balaban J connectivity index is 2.39. The lowest BCUT2D eigenvalue weighted by atomic mass is 9.96. The third-order valence-corrected chi connectivity index (χ3v) is 4.82. The quantitative estimate of drug-likeness (QED) is 0.425. The molecule has 1 aliphatic heterocycles. The number of rotatable bonds is 4. The summed E-state index contributed by atoms with van der Waals surface area (Å²) in [6.45, 7) is 0.456. The highest BCUT2D eigenvalue weighted by Gasteiger charge is 2.58. The van der Waals surface area contributed by atoms with Gasteiger partial charge in [-0.25, -0.2) is 14.4 Å². The van der Waals surface area contributed by atoms with Crippen molar-refractivity contribution in [1.29, 1.82) is 0 Å². The van der Waals surface area contributed by atoms with Crippen molar-refractivity contribution in [1.82, 2.24) is 9.55 Å². The van der Waals surface area contributed by atoms with Gasteiger partial charge in [0.25, 0.3) is 13.1 Å². The van der Waals surface area contributed by atoms with Gasteiger partial charge in [-0.2, -0.15) is 0 Å². The minimum absolute atomic E-state index is 0.685. The molecular weight excluding hydrogens is 537 g/mol. The van der Waals surface area contributed by atoms with E-state index >= 15 is 0 Å². The first-order valence-electron chi connectivity index (χ1n) is 7.76. The van der Waals surface area contributed by atoms with Gasteiger partial charge in [0.05, 0.1) is 0 Å². The van der Waals surface area contributed by atoms with Crippen LogP contribution < -0.4 is 11.2 Å². The Hall–Kier alpha value is -0.720. The maximum absolute atomic E-state index is 12.1. The third-order valence-electron chi connectivity index (χ3n) is 3.90. The maximum Gasteiger partial charge on any atom is 0.359 e. The van der Waals surface area contributed by atoms with Gasteiger partial charge in [-0.3, -0.25) is 14.3 Å². The Labute approximate surface area is 197 Å². The van der Waals surface area contributed by atoms with Crippen LogP contribution in [0.4, 0.5) is 0 Å². The Bertz CT molecular complexity index is 934. The van der Waals surface area contributed by atoms with E-state index in [1.165, 1.54) is 0 Å². The normalized spacial score (nSPS) is 27.0. The van der Waals surface area contributed by atoms with E-state index in [1.54, 1.807) is 0 Å². The van der Waals surface area contributed by atoms with Crippen LogP contribution in [0.1, 0.15) is 13.2 Å². The summed E-state index contributed by atoms with van der Waals surface area (Å²) >= 11 is 32.7. The first-order chi connectivity index (χ1) is 13.5. The van der Waals surface area contributed by atoms with Gasteiger partial charge in [0.2, 0.25) is 0 Å². The molecule has 1 unspecified atom stereocenters. The highest BCUT2D eigenvalue weighted by atomic mass is 35.6. The number of H-pyrrole nitrogens is 1. The number of alkyl halides is 6. The number of nitrogens with one attached hydrogen (secondary N) is 1. The molecule has 0 bridgehead atoms. The molecule has 0 amide bonds. The van der Waals surface area contributed by atoms with Crippen molar-refractivity contribution < 1.29 is 28.9 Å². The lowest BCUT2D eigenvalue weighted by Gasteiger charge is -2.30. The fourth-order valence-electron chi connectivity index (χ4n) is 2.59. The summed E-state index contributed by atoms with van der Waals surface area (Å²) in [5.74, 6) is -2.67. The minimum Gasteiger partial charge on any atom is -0.460 e. The largest absolute Gasteiger partial charge is 0.460 e. The molecule has 10 nitrogen and oxygen atoms in total. The molecule has 168 valence electrons. The number of hydrogen-bond acceptors (Lipinski definition) is 8. The lowest BCUT2D eigenvalue weighted by Crippen LogP contribution is -2.50. The number of hydrogen-bond donors (Lipinski definition) is 2. The second-order valence-corrected chi connectivity index (χ2v) is 10.8. The molecule has 1 aromatic rings. The standard InChI is InChI=1S/C14H12Cl6N2O8/c1-12(27)7(30-10(25)14(18,19)20)5(4-28-9(24)13(15,16)17)29-8(12)22-3-2-6(23)21-11(22)26/h2-3,5,7-8,27H,4H2,1H3,(H,21,23,26)/t5-,7-,8-,12?/m1/s1. The van der Waals surface area contributed by atoms with Crippen molar-refractivity contribution in [2.75, 3.05) is 6.61 Å². The molecule has 2 N–H and O–H groups in total. The van der Waals surface area contributed by atoms with Crippen molar-refractivity contribution in [3.05, 3.63) is 33.1 Å². The topological polar surface area (TPSA) is 137 Å². The zero-order valence-corrected chi connectivity index (χ0v) is 19.1. The van der Waals surface area contributed by atoms with Crippen molar-refractivity contribution >= 4 is 81.5 Å². The molecule has 30 heavy (non-hydrogen) atoms. The van der Waals surface area contributed by atoms with Gasteiger partial charge in [-0.05, 0) is 6.92 Å². The van der Waals surface area contributed by atoms with Crippen LogP contribution in [-0.2, 0) is 23.8 Å². The van der Waals surface area contributed by atoms with Crippen LogP contribution in [0.25, 0.3) is 0 Å². The van der Waals surface area contributed by atoms with E-state index in [-0.39, 0.29) is 0 Å². The van der Waals surface area contributed by atoms with E-state index < -0.39 is 61.4 Å². The second-order valence-electron chi connectivity index (χ2n) is 6.19. The number of ether oxygens (including phenoxy) is 3. The summed E-state index contributed by atoms with van der Waals surface area (Å²) in [6, 6.07) is 0.985. The van der Waals surface area contributed by atoms with Gasteiger partial charge in [0.15, 0.2) is 12.3 Å². The molecule has 1 aliphatic rings. The average Bonchev–Trinajstić information content (AvgIpc) is 2.82. The highest BCUT2D eigenvalue weighted by Crippen LogP contribution is 2.41. The van der Waals surface area contributed by atoms with E-state index in [1.807, 2.05) is 4.98 Å². The predicted molar refractivity (Wildman–Crippen MR) is 107 cm³/mol. The first kappa shape index (κ1) is 25.5. The van der Waals surface area contributed by atoms with Gasteiger partial charge in [-0.15, -0.1) is 0 Å². The van der Waals surface area contributed by atoms with Crippen LogP contribution in [0, 0.1) is 0 Å². The molecule has 1 aromatic heterocycles. The van der Waals surface area contributed by atoms with Crippen LogP contribution in [0.2, 0.25) is 0 Å². The SMILES string of the molecule is CC1(O)[C@H](OC(=O)C(Cl)(Cl)Cl)[C@@H](COC(=O)C(Cl)(Cl)Cl)O[C@H]1n1ccc(=O)[nH]c1=O. The number of halogens is 6. The van der Waals surface area contributed by atoms with Gasteiger partial charge >= 0.3 is 17.6 Å². The number of aromatic amines is 1. The smallest absolute Gasteiger partial charge is 0.359 e. The van der Waals surface area contributed by atoms with Crippen LogP contribution >= 0.6 is 69.6 Å². The highest BCUT2D eigenvalue weighted by molar-refractivity contribution is 6.76. The van der Waals surface area contributed by atoms with E-state index in [4.69, 9.17) is 83.8 Å². The molecule has 1 saturated heterocycles. The third kappa shape index (κ3) is 5.74. The summed E-state index contributed by atoms with van der Waals surface area (Å²) in [7, 11) is 0. The number of esters is 2. The molecule has 0 radical (unpaired) electrons. The summed E-state index contributed by atoms with van der Waals surface area (Å²) in [5, 5.41) is 11.0. The van der Waals surface area contributed by atoms with Crippen LogP contribution in [0.15, 0.2) is 21.9 Å². The maximum atomic E-state index is 12.1. The van der Waals surface area contributed by atoms with Gasteiger partial charge < -0.3 is 19.3 Å². The number of aliphatic hydroxyl groups is 1. The van der Waals surface area contributed by atoms with Gasteiger partial charge in [0.1, 0.15) is 18.3 Å². The number of nitrogens with zero attached hydrogens (tertiary/aromatic N) is 1. The minimum atomic E-state index is -2.51. The Morgan fingerprint density at radius 2 is 1.77 bits per heavy atom. The number of aromatic nitrogens is 2. The molecule has 0 spiro atoms. The Morgan fingerprint density at radius 3 is 2.27 bits per heavy atom. The summed E-state index contributed by atoms with van der Waals surface area (Å²) in [6.07, 6.45) is -3.50. The Kier molecular flexibility index (Phi) is 7.69. The Morgan fingerprint density at radius 1 is 1.20 bits per heavy atom. The molecule has 1 fully saturated rings. The van der Waals surface area contributed by atoms with Crippen molar-refractivity contribution in [3.63, 3.8) is 0 Å². The second kappa shape index (κ2) is 9.03. The van der Waals surface area contributed by atoms with E-state index in [9.17, 15) is 24.3 Å². The summed E-state index contributed by atoms with van der Waals surface area (Å²) in [5.41, 5.74) is -3.79. The molecule has 0 aromatic carbocycles. The van der Waals surface area contributed by atoms with E-state index in [0.717, 1.165) is 23.8 Å². The van der Waals surface area contributed by atoms with E-state index in [2.05, 4.69) is 0 Å². The molecule has 0 saturated carbocycles. The van der Waals surface area contributed by atoms with Gasteiger partial charge in [-0.1, -0.05) is 69.6 Å². The predicted octanol–water partition coefficient (Wildman–Crippen LogP) is 1.38. The van der Waals surface area contributed by atoms with Crippen LogP contribution in [0.3, 0.4) is 0 Å². The molecule has 4 atom stereocenters. The fraction of sp³-hybridized carbons (Fsp3) is 0.571. The molecular formula is C14H12Cl6N2O8. The van der Waals surface area contributed by atoms with Crippen molar-refractivity contribution in [2.24, 2.45) is 0 Å². The number of carbonyl (C=O) groups is 2.